The van der Waals surface area contributed by atoms with Crippen LogP contribution in [0.25, 0.3) is 0 Å². The van der Waals surface area contributed by atoms with Crippen molar-refractivity contribution in [1.29, 1.82) is 0 Å². The molecule has 0 amide bonds. The van der Waals surface area contributed by atoms with E-state index >= 15 is 0 Å². The molecule has 2 saturated heterocycles. The standard InChI is InChI=1S/C17H28N6O2S.HI/c1-2-5-18-17(21-13-15-4-12-26(24,25)14-15)23-10-8-22(9-11-23)16-19-6-3-7-20-16;/h3,6-7,15H,2,4-5,8-14H2,1H3,(H,18,21);1H. The largest absolute Gasteiger partial charge is 0.356 e. The van der Waals surface area contributed by atoms with Crippen molar-refractivity contribution in [2.75, 3.05) is 55.7 Å². The van der Waals surface area contributed by atoms with Gasteiger partial charge >= 0.3 is 0 Å². The molecule has 1 aromatic rings. The van der Waals surface area contributed by atoms with E-state index in [-0.39, 0.29) is 35.6 Å². The predicted octanol–water partition coefficient (Wildman–Crippen LogP) is 1.01. The SMILES string of the molecule is CCCNC(=NCC1CCS(=O)(=O)C1)N1CCN(c2ncccn2)CC1.I. The highest BCUT2D eigenvalue weighted by molar-refractivity contribution is 14.0. The molecule has 3 heterocycles. The van der Waals surface area contributed by atoms with Crippen LogP contribution in [-0.2, 0) is 9.84 Å². The molecule has 3 rings (SSSR count). The molecule has 0 aliphatic carbocycles. The molecule has 2 aliphatic heterocycles. The summed E-state index contributed by atoms with van der Waals surface area (Å²) >= 11 is 0. The molecule has 8 nitrogen and oxygen atoms in total. The van der Waals surface area contributed by atoms with E-state index in [1.54, 1.807) is 12.4 Å². The summed E-state index contributed by atoms with van der Waals surface area (Å²) in [6.45, 7) is 6.94. The zero-order valence-corrected chi connectivity index (χ0v) is 18.9. The number of hydrogen-bond acceptors (Lipinski definition) is 6. The molecule has 10 heteroatoms. The first-order valence-electron chi connectivity index (χ1n) is 9.33. The molecule has 1 aromatic heterocycles. The van der Waals surface area contributed by atoms with Crippen LogP contribution < -0.4 is 10.2 Å². The van der Waals surface area contributed by atoms with E-state index in [1.807, 2.05) is 6.07 Å². The van der Waals surface area contributed by atoms with Gasteiger partial charge in [-0.05, 0) is 24.8 Å². The molecule has 0 aromatic carbocycles. The summed E-state index contributed by atoms with van der Waals surface area (Å²) in [5.41, 5.74) is 0. The number of guanidine groups is 1. The number of aliphatic imine (C=N–C) groups is 1. The third-order valence-corrected chi connectivity index (χ3v) is 6.61. The molecule has 0 radical (unpaired) electrons. The summed E-state index contributed by atoms with van der Waals surface area (Å²) in [6.07, 6.45) is 5.28. The van der Waals surface area contributed by atoms with Gasteiger partial charge in [0.05, 0.1) is 11.5 Å². The van der Waals surface area contributed by atoms with Gasteiger partial charge < -0.3 is 15.1 Å². The van der Waals surface area contributed by atoms with Crippen LogP contribution in [0.1, 0.15) is 19.8 Å². The Morgan fingerprint density at radius 2 is 1.96 bits per heavy atom. The maximum atomic E-state index is 11.6. The first kappa shape index (κ1) is 22.1. The van der Waals surface area contributed by atoms with Crippen LogP contribution in [0.5, 0.6) is 0 Å². The second-order valence-electron chi connectivity index (χ2n) is 6.88. The average Bonchev–Trinajstić information content (AvgIpc) is 3.02. The third kappa shape index (κ3) is 6.44. The Balaban J connectivity index is 0.00000261. The summed E-state index contributed by atoms with van der Waals surface area (Å²) in [5, 5.41) is 3.42. The van der Waals surface area contributed by atoms with E-state index in [4.69, 9.17) is 4.99 Å². The minimum atomic E-state index is -2.85. The number of hydrogen-bond donors (Lipinski definition) is 1. The molecule has 27 heavy (non-hydrogen) atoms. The highest BCUT2D eigenvalue weighted by Crippen LogP contribution is 2.18. The second-order valence-corrected chi connectivity index (χ2v) is 9.11. The third-order valence-electron chi connectivity index (χ3n) is 4.77. The van der Waals surface area contributed by atoms with Crippen molar-refractivity contribution >= 4 is 45.7 Å². The number of anilines is 1. The summed E-state index contributed by atoms with van der Waals surface area (Å²) in [5.74, 6) is 2.39. The van der Waals surface area contributed by atoms with Crippen LogP contribution in [0.4, 0.5) is 5.95 Å². The molecule has 1 N–H and O–H groups in total. The van der Waals surface area contributed by atoms with Gasteiger partial charge in [0, 0.05) is 51.7 Å². The normalized spacial score (nSPS) is 22.4. The first-order valence-corrected chi connectivity index (χ1v) is 11.1. The Labute approximate surface area is 178 Å². The van der Waals surface area contributed by atoms with Gasteiger partial charge in [0.15, 0.2) is 15.8 Å². The van der Waals surface area contributed by atoms with Crippen molar-refractivity contribution in [2.24, 2.45) is 10.9 Å². The summed E-state index contributed by atoms with van der Waals surface area (Å²) < 4.78 is 23.3. The molecule has 0 spiro atoms. The fourth-order valence-corrected chi connectivity index (χ4v) is 5.16. The van der Waals surface area contributed by atoms with Gasteiger partial charge in [-0.3, -0.25) is 4.99 Å². The molecule has 0 bridgehead atoms. The minimum absolute atomic E-state index is 0. The number of halogens is 1. The van der Waals surface area contributed by atoms with Gasteiger partial charge in [-0.2, -0.15) is 0 Å². The van der Waals surface area contributed by atoms with Crippen LogP contribution in [0.3, 0.4) is 0 Å². The minimum Gasteiger partial charge on any atom is -0.356 e. The zero-order valence-electron chi connectivity index (χ0n) is 15.7. The van der Waals surface area contributed by atoms with Gasteiger partial charge in [0.1, 0.15) is 0 Å². The molecule has 1 unspecified atom stereocenters. The van der Waals surface area contributed by atoms with Crippen molar-refractivity contribution in [3.8, 4) is 0 Å². The van der Waals surface area contributed by atoms with E-state index in [0.29, 0.717) is 12.3 Å². The highest BCUT2D eigenvalue weighted by atomic mass is 127. The summed E-state index contributed by atoms with van der Waals surface area (Å²) in [6, 6.07) is 1.82. The van der Waals surface area contributed by atoms with Gasteiger partial charge in [-0.15, -0.1) is 24.0 Å². The Kier molecular flexibility index (Phi) is 8.52. The smallest absolute Gasteiger partial charge is 0.225 e. The molecule has 0 saturated carbocycles. The average molecular weight is 508 g/mol. The lowest BCUT2D eigenvalue weighted by atomic mass is 10.1. The fraction of sp³-hybridized carbons (Fsp3) is 0.706. The van der Waals surface area contributed by atoms with Crippen molar-refractivity contribution < 1.29 is 8.42 Å². The first-order chi connectivity index (χ1) is 12.6. The van der Waals surface area contributed by atoms with E-state index < -0.39 is 9.84 Å². The molecular formula is C17H29IN6O2S. The molecule has 2 fully saturated rings. The summed E-state index contributed by atoms with van der Waals surface area (Å²) in [4.78, 5) is 17.8. The van der Waals surface area contributed by atoms with E-state index in [2.05, 4.69) is 32.0 Å². The van der Waals surface area contributed by atoms with Gasteiger partial charge in [0.2, 0.25) is 5.95 Å². The van der Waals surface area contributed by atoms with Crippen molar-refractivity contribution in [3.05, 3.63) is 18.5 Å². The second kappa shape index (κ2) is 10.4. The Bertz CT molecular complexity index is 707. The number of sulfone groups is 1. The number of aromatic nitrogens is 2. The van der Waals surface area contributed by atoms with Crippen LogP contribution >= 0.6 is 24.0 Å². The lowest BCUT2D eigenvalue weighted by Crippen LogP contribution is -2.53. The fourth-order valence-electron chi connectivity index (χ4n) is 3.31. The predicted molar refractivity (Wildman–Crippen MR) is 119 cm³/mol. The Hall–Kier alpha value is -1.17. The van der Waals surface area contributed by atoms with Crippen molar-refractivity contribution in [1.82, 2.24) is 20.2 Å². The van der Waals surface area contributed by atoms with E-state index in [0.717, 1.165) is 57.5 Å². The van der Waals surface area contributed by atoms with Crippen LogP contribution in [-0.4, -0.2) is 80.0 Å². The number of piperazine rings is 1. The monoisotopic (exact) mass is 508 g/mol. The van der Waals surface area contributed by atoms with E-state index in [9.17, 15) is 8.42 Å². The van der Waals surface area contributed by atoms with Crippen molar-refractivity contribution in [3.63, 3.8) is 0 Å². The maximum absolute atomic E-state index is 11.6. The quantitative estimate of drug-likeness (QED) is 0.361. The lowest BCUT2D eigenvalue weighted by molar-refractivity contribution is 0.368. The molecular weight excluding hydrogens is 479 g/mol. The molecule has 1 atom stereocenters. The molecule has 152 valence electrons. The topological polar surface area (TPSA) is 90.8 Å². The Morgan fingerprint density at radius 1 is 1.26 bits per heavy atom. The van der Waals surface area contributed by atoms with Crippen molar-refractivity contribution in [2.45, 2.75) is 19.8 Å². The van der Waals surface area contributed by atoms with Gasteiger partial charge in [-0.25, -0.2) is 18.4 Å². The summed E-state index contributed by atoms with van der Waals surface area (Å²) in [7, 11) is -2.85. The number of nitrogens with one attached hydrogen (secondary N) is 1. The zero-order chi connectivity index (χ0) is 18.4. The Morgan fingerprint density at radius 3 is 2.56 bits per heavy atom. The lowest BCUT2D eigenvalue weighted by Gasteiger charge is -2.36. The highest BCUT2D eigenvalue weighted by Gasteiger charge is 2.28. The van der Waals surface area contributed by atoms with Crippen LogP contribution in [0, 0.1) is 5.92 Å². The van der Waals surface area contributed by atoms with E-state index in [1.165, 1.54) is 0 Å². The molecule has 2 aliphatic rings. The van der Waals surface area contributed by atoms with Crippen LogP contribution in [0.15, 0.2) is 23.5 Å². The number of nitrogens with zero attached hydrogens (tertiary/aromatic N) is 5. The van der Waals surface area contributed by atoms with Gasteiger partial charge in [-0.1, -0.05) is 6.92 Å². The number of rotatable bonds is 5. The maximum Gasteiger partial charge on any atom is 0.225 e. The van der Waals surface area contributed by atoms with Crippen LogP contribution in [0.2, 0.25) is 0 Å². The van der Waals surface area contributed by atoms with Gasteiger partial charge in [0.25, 0.3) is 0 Å².